The number of para-hydroxylation sites is 1. The van der Waals surface area contributed by atoms with Crippen LogP contribution in [0.4, 0.5) is 5.69 Å². The topological polar surface area (TPSA) is 75.3 Å². The molecule has 5 nitrogen and oxygen atoms in total. The highest BCUT2D eigenvalue weighted by atomic mass is 32.1. The Balaban J connectivity index is 2.09. The van der Waals surface area contributed by atoms with Crippen molar-refractivity contribution in [2.24, 2.45) is 10.8 Å². The van der Waals surface area contributed by atoms with Crippen LogP contribution >= 0.6 is 11.3 Å². The lowest BCUT2D eigenvalue weighted by Crippen LogP contribution is -2.36. The van der Waals surface area contributed by atoms with Crippen molar-refractivity contribution in [1.29, 1.82) is 0 Å². The molecule has 0 fully saturated rings. The quantitative estimate of drug-likeness (QED) is 0.350. The van der Waals surface area contributed by atoms with Gasteiger partial charge in [-0.25, -0.2) is 15.8 Å². The van der Waals surface area contributed by atoms with Gasteiger partial charge in [0, 0.05) is 16.8 Å². The van der Waals surface area contributed by atoms with E-state index in [0.29, 0.717) is 5.96 Å². The zero-order valence-electron chi connectivity index (χ0n) is 11.6. The third kappa shape index (κ3) is 3.79. The first-order valence-corrected chi connectivity index (χ1v) is 7.35. The van der Waals surface area contributed by atoms with E-state index in [1.165, 1.54) is 4.88 Å². The van der Waals surface area contributed by atoms with Gasteiger partial charge in [-0.2, -0.15) is 0 Å². The molecule has 0 amide bonds. The Labute approximate surface area is 122 Å². The number of thiazole rings is 1. The maximum absolute atomic E-state index is 5.52. The number of hydrazine groups is 1. The van der Waals surface area contributed by atoms with Crippen molar-refractivity contribution >= 4 is 23.0 Å². The molecule has 4 N–H and O–H groups in total. The van der Waals surface area contributed by atoms with Crippen LogP contribution in [0.1, 0.15) is 29.8 Å². The summed E-state index contributed by atoms with van der Waals surface area (Å²) in [6.45, 7) is 4.12. The van der Waals surface area contributed by atoms with Gasteiger partial charge in [-0.3, -0.25) is 5.43 Å². The molecule has 0 bridgehead atoms. The van der Waals surface area contributed by atoms with Crippen LogP contribution in [-0.4, -0.2) is 10.9 Å². The molecule has 0 spiro atoms. The molecular weight excluding hydrogens is 270 g/mol. The van der Waals surface area contributed by atoms with Gasteiger partial charge in [-0.15, -0.1) is 11.3 Å². The molecule has 20 heavy (non-hydrogen) atoms. The van der Waals surface area contributed by atoms with Crippen molar-refractivity contribution in [1.82, 2.24) is 10.4 Å². The lowest BCUT2D eigenvalue weighted by Gasteiger charge is -2.11. The molecule has 1 unspecified atom stereocenters. The van der Waals surface area contributed by atoms with Crippen LogP contribution in [0.5, 0.6) is 0 Å². The Kier molecular flexibility index (Phi) is 5.09. The normalized spacial score (nSPS) is 13.1. The predicted molar refractivity (Wildman–Crippen MR) is 84.7 cm³/mol. The minimum absolute atomic E-state index is 0.0393. The standard InChI is InChI=1S/C14H19N5S/c1-3-12-9-16-13(20-12)10(2)17-14(19-15)18-11-7-5-4-6-8-11/h4-10H,3,15H2,1-2H3,(H2,17,18,19). The van der Waals surface area contributed by atoms with E-state index < -0.39 is 0 Å². The summed E-state index contributed by atoms with van der Waals surface area (Å²) in [6.07, 6.45) is 2.91. The van der Waals surface area contributed by atoms with E-state index in [0.717, 1.165) is 17.1 Å². The number of rotatable bonds is 4. The van der Waals surface area contributed by atoms with Crippen molar-refractivity contribution in [2.45, 2.75) is 26.3 Å². The fourth-order valence-electron chi connectivity index (χ4n) is 1.69. The maximum atomic E-state index is 5.52. The number of anilines is 1. The number of aliphatic imine (C=N–C) groups is 1. The molecule has 1 aromatic heterocycles. The van der Waals surface area contributed by atoms with Gasteiger partial charge in [-0.1, -0.05) is 25.1 Å². The highest BCUT2D eigenvalue weighted by Gasteiger charge is 2.10. The minimum Gasteiger partial charge on any atom is -0.325 e. The van der Waals surface area contributed by atoms with E-state index >= 15 is 0 Å². The van der Waals surface area contributed by atoms with Crippen LogP contribution in [0.2, 0.25) is 0 Å². The van der Waals surface area contributed by atoms with Gasteiger partial charge < -0.3 is 5.32 Å². The van der Waals surface area contributed by atoms with E-state index in [4.69, 9.17) is 5.84 Å². The fraction of sp³-hybridized carbons (Fsp3) is 0.286. The van der Waals surface area contributed by atoms with Gasteiger partial charge in [-0.05, 0) is 25.5 Å². The Bertz CT molecular complexity index is 564. The molecule has 0 radical (unpaired) electrons. The molecule has 0 aliphatic heterocycles. The average molecular weight is 289 g/mol. The zero-order chi connectivity index (χ0) is 14.4. The first-order valence-electron chi connectivity index (χ1n) is 6.54. The van der Waals surface area contributed by atoms with Crippen LogP contribution in [0, 0.1) is 0 Å². The second kappa shape index (κ2) is 7.02. The van der Waals surface area contributed by atoms with Gasteiger partial charge in [0.15, 0.2) is 0 Å². The summed E-state index contributed by atoms with van der Waals surface area (Å²) in [6, 6.07) is 9.74. The molecule has 0 saturated heterocycles. The first kappa shape index (κ1) is 14.5. The molecule has 1 aromatic carbocycles. The highest BCUT2D eigenvalue weighted by molar-refractivity contribution is 7.11. The van der Waals surface area contributed by atoms with Crippen molar-refractivity contribution in [3.8, 4) is 0 Å². The molecule has 0 aliphatic carbocycles. The van der Waals surface area contributed by atoms with Gasteiger partial charge >= 0.3 is 0 Å². The number of nitrogens with two attached hydrogens (primary N) is 1. The minimum atomic E-state index is -0.0393. The Hall–Kier alpha value is -1.92. The number of aryl methyl sites for hydroxylation is 1. The Morgan fingerprint density at radius 2 is 2.15 bits per heavy atom. The molecule has 0 saturated carbocycles. The number of nitrogens with zero attached hydrogens (tertiary/aromatic N) is 2. The van der Waals surface area contributed by atoms with E-state index in [9.17, 15) is 0 Å². The third-order valence-electron chi connectivity index (χ3n) is 2.77. The zero-order valence-corrected chi connectivity index (χ0v) is 12.4. The van der Waals surface area contributed by atoms with Gasteiger partial charge in [0.05, 0.1) is 0 Å². The summed E-state index contributed by atoms with van der Waals surface area (Å²) in [4.78, 5) is 10.2. The lowest BCUT2D eigenvalue weighted by atomic mass is 10.3. The van der Waals surface area contributed by atoms with Gasteiger partial charge in [0.25, 0.3) is 0 Å². The smallest absolute Gasteiger partial charge is 0.210 e. The largest absolute Gasteiger partial charge is 0.325 e. The van der Waals surface area contributed by atoms with Crippen LogP contribution in [0.3, 0.4) is 0 Å². The molecule has 1 heterocycles. The number of hydrogen-bond acceptors (Lipinski definition) is 4. The summed E-state index contributed by atoms with van der Waals surface area (Å²) < 4.78 is 0. The number of nitrogens with one attached hydrogen (secondary N) is 2. The van der Waals surface area contributed by atoms with Crippen LogP contribution in [0.25, 0.3) is 0 Å². The van der Waals surface area contributed by atoms with E-state index in [1.807, 2.05) is 43.5 Å². The molecule has 2 rings (SSSR count). The third-order valence-corrected chi connectivity index (χ3v) is 4.09. The molecule has 0 aliphatic rings. The van der Waals surface area contributed by atoms with E-state index in [1.54, 1.807) is 11.3 Å². The van der Waals surface area contributed by atoms with Crippen LogP contribution < -0.4 is 16.6 Å². The van der Waals surface area contributed by atoms with Gasteiger partial charge in [0.2, 0.25) is 5.96 Å². The molecular formula is C14H19N5S. The molecule has 6 heteroatoms. The molecule has 106 valence electrons. The first-order chi connectivity index (χ1) is 9.72. The number of benzene rings is 1. The average Bonchev–Trinajstić information content (AvgIpc) is 2.96. The second-order valence-corrected chi connectivity index (χ2v) is 5.45. The second-order valence-electron chi connectivity index (χ2n) is 4.31. The lowest BCUT2D eigenvalue weighted by molar-refractivity contribution is 0.794. The maximum Gasteiger partial charge on any atom is 0.210 e. The van der Waals surface area contributed by atoms with Crippen molar-refractivity contribution in [2.75, 3.05) is 5.32 Å². The number of hydrogen-bond donors (Lipinski definition) is 3. The van der Waals surface area contributed by atoms with Crippen molar-refractivity contribution < 1.29 is 0 Å². The molecule has 2 aromatic rings. The van der Waals surface area contributed by atoms with Crippen LogP contribution in [-0.2, 0) is 6.42 Å². The Morgan fingerprint density at radius 3 is 2.75 bits per heavy atom. The summed E-state index contributed by atoms with van der Waals surface area (Å²) in [7, 11) is 0. The predicted octanol–water partition coefficient (Wildman–Crippen LogP) is 2.70. The molecule has 1 atom stereocenters. The monoisotopic (exact) mass is 289 g/mol. The van der Waals surface area contributed by atoms with Gasteiger partial charge in [0.1, 0.15) is 11.0 Å². The van der Waals surface area contributed by atoms with E-state index in [-0.39, 0.29) is 6.04 Å². The Morgan fingerprint density at radius 1 is 1.40 bits per heavy atom. The summed E-state index contributed by atoms with van der Waals surface area (Å²) in [5, 5.41) is 4.13. The SMILES string of the molecule is CCc1cnc(C(C)N=C(NN)Nc2ccccc2)s1. The summed E-state index contributed by atoms with van der Waals surface area (Å²) >= 11 is 1.69. The summed E-state index contributed by atoms with van der Waals surface area (Å²) in [5.74, 6) is 6.04. The van der Waals surface area contributed by atoms with Crippen molar-refractivity contribution in [3.63, 3.8) is 0 Å². The fourth-order valence-corrected chi connectivity index (χ4v) is 2.54. The summed E-state index contributed by atoms with van der Waals surface area (Å²) in [5.41, 5.74) is 3.52. The highest BCUT2D eigenvalue weighted by Crippen LogP contribution is 2.23. The number of aromatic nitrogens is 1. The van der Waals surface area contributed by atoms with E-state index in [2.05, 4.69) is 27.6 Å². The van der Waals surface area contributed by atoms with Crippen molar-refractivity contribution in [3.05, 3.63) is 46.4 Å². The van der Waals surface area contributed by atoms with Crippen LogP contribution in [0.15, 0.2) is 41.5 Å². The number of guanidine groups is 1.